The van der Waals surface area contributed by atoms with Gasteiger partial charge in [0.2, 0.25) is 0 Å². The molecule has 0 aliphatic heterocycles. The number of halogens is 3. The molecule has 0 bridgehead atoms. The zero-order chi connectivity index (χ0) is 11.7. The van der Waals surface area contributed by atoms with Crippen LogP contribution < -0.4 is 5.56 Å². The van der Waals surface area contributed by atoms with E-state index >= 15 is 0 Å². The molecule has 1 aromatic heterocycles. The van der Waals surface area contributed by atoms with Crippen molar-refractivity contribution in [3.8, 4) is 11.1 Å². The van der Waals surface area contributed by atoms with Gasteiger partial charge in [-0.2, -0.15) is 0 Å². The van der Waals surface area contributed by atoms with E-state index in [1.54, 1.807) is 0 Å². The van der Waals surface area contributed by atoms with Crippen molar-refractivity contribution < 1.29 is 13.2 Å². The normalized spacial score (nSPS) is 10.4. The second-order valence-corrected chi connectivity index (χ2v) is 3.16. The van der Waals surface area contributed by atoms with Crippen molar-refractivity contribution >= 4 is 0 Å². The van der Waals surface area contributed by atoms with Crippen LogP contribution in [-0.4, -0.2) is 4.98 Å². The van der Waals surface area contributed by atoms with Crippen LogP contribution in [0.1, 0.15) is 0 Å². The molecule has 0 saturated heterocycles. The lowest BCUT2D eigenvalue weighted by molar-refractivity contribution is 0.548. The van der Waals surface area contributed by atoms with E-state index in [4.69, 9.17) is 0 Å². The standard InChI is InChI=1S/C11H6F3NO/c12-6-4-8(13)10(9(14)5-6)7-2-1-3-15-11(7)16/h1-5H,(H,15,16). The van der Waals surface area contributed by atoms with Gasteiger partial charge in [-0.1, -0.05) is 0 Å². The van der Waals surface area contributed by atoms with Gasteiger partial charge in [0.1, 0.15) is 17.5 Å². The third-order valence-corrected chi connectivity index (χ3v) is 2.09. The minimum atomic E-state index is -1.10. The van der Waals surface area contributed by atoms with E-state index in [2.05, 4.69) is 4.98 Å². The Bertz CT molecular complexity index is 569. The van der Waals surface area contributed by atoms with Gasteiger partial charge >= 0.3 is 0 Å². The number of aromatic amines is 1. The molecule has 5 heteroatoms. The zero-order valence-corrected chi connectivity index (χ0v) is 7.93. The van der Waals surface area contributed by atoms with Crippen molar-refractivity contribution in [3.05, 3.63) is 58.3 Å². The number of rotatable bonds is 1. The molecular formula is C11H6F3NO. The molecule has 1 heterocycles. The summed E-state index contributed by atoms with van der Waals surface area (Å²) in [6, 6.07) is 3.76. The molecule has 2 aromatic rings. The summed E-state index contributed by atoms with van der Waals surface area (Å²) in [4.78, 5) is 13.6. The van der Waals surface area contributed by atoms with Crippen LogP contribution in [0, 0.1) is 17.5 Å². The second kappa shape index (κ2) is 3.84. The predicted molar refractivity (Wildman–Crippen MR) is 52.4 cm³/mol. The molecule has 0 saturated carbocycles. The van der Waals surface area contributed by atoms with Gasteiger partial charge in [0.25, 0.3) is 5.56 Å². The van der Waals surface area contributed by atoms with E-state index in [1.807, 2.05) is 0 Å². The lowest BCUT2D eigenvalue weighted by atomic mass is 10.1. The summed E-state index contributed by atoms with van der Waals surface area (Å²) in [5.74, 6) is -3.23. The molecule has 0 radical (unpaired) electrons. The molecule has 1 aromatic carbocycles. The number of hydrogen-bond acceptors (Lipinski definition) is 1. The fraction of sp³-hybridized carbons (Fsp3) is 0. The lowest BCUT2D eigenvalue weighted by Gasteiger charge is -2.03. The van der Waals surface area contributed by atoms with E-state index in [-0.39, 0.29) is 5.56 Å². The van der Waals surface area contributed by atoms with Crippen molar-refractivity contribution in [2.24, 2.45) is 0 Å². The first-order valence-electron chi connectivity index (χ1n) is 4.42. The summed E-state index contributed by atoms with van der Waals surface area (Å²) in [6.45, 7) is 0. The quantitative estimate of drug-likeness (QED) is 0.794. The first-order chi connectivity index (χ1) is 7.59. The molecule has 0 unspecified atom stereocenters. The van der Waals surface area contributed by atoms with Crippen molar-refractivity contribution in [3.63, 3.8) is 0 Å². The van der Waals surface area contributed by atoms with Crippen molar-refractivity contribution in [1.82, 2.24) is 4.98 Å². The maximum absolute atomic E-state index is 13.3. The van der Waals surface area contributed by atoms with Crippen LogP contribution in [-0.2, 0) is 0 Å². The molecule has 2 nitrogen and oxygen atoms in total. The Labute approximate surface area is 88.4 Å². The molecule has 2 rings (SSSR count). The number of hydrogen-bond donors (Lipinski definition) is 1. The van der Waals surface area contributed by atoms with Gasteiger partial charge < -0.3 is 4.98 Å². The topological polar surface area (TPSA) is 32.9 Å². The number of pyridine rings is 1. The summed E-state index contributed by atoms with van der Waals surface area (Å²) in [5.41, 5.74) is -1.33. The summed E-state index contributed by atoms with van der Waals surface area (Å²) >= 11 is 0. The van der Waals surface area contributed by atoms with Crippen LogP contribution in [0.15, 0.2) is 35.3 Å². The first kappa shape index (κ1) is 10.5. The van der Waals surface area contributed by atoms with Crippen LogP contribution in [0.3, 0.4) is 0 Å². The van der Waals surface area contributed by atoms with Gasteiger partial charge in [0, 0.05) is 18.3 Å². The fourth-order valence-corrected chi connectivity index (χ4v) is 1.42. The maximum Gasteiger partial charge on any atom is 0.256 e. The minimum absolute atomic E-state index is 0.169. The predicted octanol–water partition coefficient (Wildman–Crippen LogP) is 2.46. The van der Waals surface area contributed by atoms with E-state index in [9.17, 15) is 18.0 Å². The van der Waals surface area contributed by atoms with Crippen molar-refractivity contribution in [2.45, 2.75) is 0 Å². The second-order valence-electron chi connectivity index (χ2n) is 3.16. The molecule has 1 N–H and O–H groups in total. The fourth-order valence-electron chi connectivity index (χ4n) is 1.42. The highest BCUT2D eigenvalue weighted by Crippen LogP contribution is 2.23. The van der Waals surface area contributed by atoms with Crippen LogP contribution >= 0.6 is 0 Å². The number of aromatic nitrogens is 1. The van der Waals surface area contributed by atoms with Gasteiger partial charge in [-0.05, 0) is 12.1 Å². The van der Waals surface area contributed by atoms with Gasteiger partial charge in [-0.15, -0.1) is 0 Å². The Balaban J connectivity index is 2.75. The highest BCUT2D eigenvalue weighted by atomic mass is 19.1. The van der Waals surface area contributed by atoms with Crippen molar-refractivity contribution in [2.75, 3.05) is 0 Å². The lowest BCUT2D eigenvalue weighted by Crippen LogP contribution is -2.09. The molecule has 0 amide bonds. The molecule has 16 heavy (non-hydrogen) atoms. The van der Waals surface area contributed by atoms with Gasteiger partial charge in [-0.3, -0.25) is 4.79 Å². The molecular weight excluding hydrogens is 219 g/mol. The van der Waals surface area contributed by atoms with E-state index < -0.39 is 28.6 Å². The van der Waals surface area contributed by atoms with Crippen LogP contribution in [0.2, 0.25) is 0 Å². The Morgan fingerprint density at radius 1 is 1.06 bits per heavy atom. The molecule has 0 aliphatic rings. The Morgan fingerprint density at radius 3 is 2.25 bits per heavy atom. The van der Waals surface area contributed by atoms with Crippen LogP contribution in [0.5, 0.6) is 0 Å². The molecule has 0 atom stereocenters. The monoisotopic (exact) mass is 225 g/mol. The van der Waals surface area contributed by atoms with Crippen LogP contribution in [0.4, 0.5) is 13.2 Å². The SMILES string of the molecule is O=c1[nH]cccc1-c1c(F)cc(F)cc1F. The Kier molecular flexibility index (Phi) is 2.52. The Hall–Kier alpha value is -2.04. The molecule has 0 fully saturated rings. The highest BCUT2D eigenvalue weighted by Gasteiger charge is 2.15. The third kappa shape index (κ3) is 1.71. The third-order valence-electron chi connectivity index (χ3n) is 2.09. The minimum Gasteiger partial charge on any atom is -0.329 e. The number of nitrogens with one attached hydrogen (secondary N) is 1. The molecule has 82 valence electrons. The summed E-state index contributed by atoms with van der Waals surface area (Å²) < 4.78 is 39.3. The van der Waals surface area contributed by atoms with Gasteiger partial charge in [-0.25, -0.2) is 13.2 Å². The molecule has 0 spiro atoms. The van der Waals surface area contributed by atoms with Gasteiger partial charge in [0.05, 0.1) is 11.1 Å². The van der Waals surface area contributed by atoms with E-state index in [1.165, 1.54) is 18.3 Å². The summed E-state index contributed by atoms with van der Waals surface area (Å²) in [5, 5.41) is 0. The first-order valence-corrected chi connectivity index (χ1v) is 4.42. The average molecular weight is 225 g/mol. The number of H-pyrrole nitrogens is 1. The van der Waals surface area contributed by atoms with E-state index in [0.717, 1.165) is 0 Å². The summed E-state index contributed by atoms with van der Waals surface area (Å²) in [7, 11) is 0. The average Bonchev–Trinajstić information content (AvgIpc) is 2.19. The maximum atomic E-state index is 13.3. The summed E-state index contributed by atoms with van der Waals surface area (Å²) in [6.07, 6.45) is 1.34. The van der Waals surface area contributed by atoms with Crippen molar-refractivity contribution in [1.29, 1.82) is 0 Å². The molecule has 0 aliphatic carbocycles. The smallest absolute Gasteiger partial charge is 0.256 e. The highest BCUT2D eigenvalue weighted by molar-refractivity contribution is 5.63. The van der Waals surface area contributed by atoms with Gasteiger partial charge in [0.15, 0.2) is 0 Å². The van der Waals surface area contributed by atoms with Crippen LogP contribution in [0.25, 0.3) is 11.1 Å². The zero-order valence-electron chi connectivity index (χ0n) is 7.93. The Morgan fingerprint density at radius 2 is 1.69 bits per heavy atom. The largest absolute Gasteiger partial charge is 0.329 e. The van der Waals surface area contributed by atoms with E-state index in [0.29, 0.717) is 12.1 Å². The number of benzene rings is 1.